The maximum absolute atomic E-state index is 11.9. The molecular weight excluding hydrogens is 234 g/mol. The number of aliphatic carboxylic acids is 1. The highest BCUT2D eigenvalue weighted by atomic mass is 16.4. The van der Waals surface area contributed by atoms with Crippen LogP contribution < -0.4 is 5.32 Å². The summed E-state index contributed by atoms with van der Waals surface area (Å²) in [6.45, 7) is 7.39. The van der Waals surface area contributed by atoms with E-state index in [4.69, 9.17) is 5.11 Å². The number of rotatable bonds is 5. The van der Waals surface area contributed by atoms with Crippen molar-refractivity contribution in [2.75, 3.05) is 0 Å². The Morgan fingerprint density at radius 1 is 1.39 bits per heavy atom. The molecule has 0 unspecified atom stereocenters. The van der Waals surface area contributed by atoms with E-state index in [-0.39, 0.29) is 11.6 Å². The van der Waals surface area contributed by atoms with Crippen molar-refractivity contribution in [3.63, 3.8) is 0 Å². The molecule has 6 heteroatoms. The van der Waals surface area contributed by atoms with Crippen molar-refractivity contribution in [2.24, 2.45) is 5.92 Å². The molecule has 0 saturated carbocycles. The summed E-state index contributed by atoms with van der Waals surface area (Å²) in [6, 6.07) is -0.881. The van der Waals surface area contributed by atoms with Crippen molar-refractivity contribution in [1.29, 1.82) is 0 Å². The van der Waals surface area contributed by atoms with Gasteiger partial charge in [0.15, 0.2) is 5.69 Å². The van der Waals surface area contributed by atoms with Gasteiger partial charge in [-0.05, 0) is 26.2 Å². The summed E-state index contributed by atoms with van der Waals surface area (Å²) >= 11 is 0. The fraction of sp³-hybridized carbons (Fsp3) is 0.583. The summed E-state index contributed by atoms with van der Waals surface area (Å²) in [7, 11) is 0. The Labute approximate surface area is 106 Å². The topological polar surface area (TPSA) is 95.1 Å². The van der Waals surface area contributed by atoms with Crippen LogP contribution in [0.4, 0.5) is 0 Å². The number of carboxylic acid groups (broad SMARTS) is 1. The van der Waals surface area contributed by atoms with Crippen molar-refractivity contribution in [2.45, 2.75) is 40.2 Å². The molecule has 6 nitrogen and oxygen atoms in total. The molecule has 0 fully saturated rings. The molecule has 0 bridgehead atoms. The first kappa shape index (κ1) is 14.2. The molecular formula is C12H19N3O3. The Morgan fingerprint density at radius 2 is 2.00 bits per heavy atom. The number of hydrogen-bond acceptors (Lipinski definition) is 3. The number of hydrogen-bond donors (Lipinski definition) is 3. The number of carbonyl (C=O) groups excluding carboxylic acids is 1. The number of aromatic nitrogens is 2. The minimum atomic E-state index is -1.03. The molecule has 1 amide bonds. The number of nitrogens with one attached hydrogen (secondary N) is 2. The average Bonchev–Trinajstić information content (AvgIpc) is 2.58. The monoisotopic (exact) mass is 253 g/mol. The van der Waals surface area contributed by atoms with Crippen LogP contribution in [-0.2, 0) is 4.79 Å². The van der Waals surface area contributed by atoms with E-state index in [9.17, 15) is 9.59 Å². The fourth-order valence-electron chi connectivity index (χ4n) is 1.63. The largest absolute Gasteiger partial charge is 0.480 e. The van der Waals surface area contributed by atoms with Crippen LogP contribution in [0.3, 0.4) is 0 Å². The van der Waals surface area contributed by atoms with Crippen LogP contribution >= 0.6 is 0 Å². The maximum Gasteiger partial charge on any atom is 0.326 e. The highest BCUT2D eigenvalue weighted by Crippen LogP contribution is 2.10. The summed E-state index contributed by atoms with van der Waals surface area (Å²) in [5.41, 5.74) is 1.79. The molecule has 1 heterocycles. The Kier molecular flexibility index (Phi) is 4.47. The van der Waals surface area contributed by atoms with Gasteiger partial charge in [-0.1, -0.05) is 13.8 Å². The van der Waals surface area contributed by atoms with Gasteiger partial charge in [0, 0.05) is 11.3 Å². The summed E-state index contributed by atoms with van der Waals surface area (Å²) in [6.07, 6.45) is 0.392. The minimum Gasteiger partial charge on any atom is -0.480 e. The fourth-order valence-corrected chi connectivity index (χ4v) is 1.63. The number of aryl methyl sites for hydroxylation is 1. The van der Waals surface area contributed by atoms with E-state index < -0.39 is 17.9 Å². The lowest BCUT2D eigenvalue weighted by atomic mass is 10.0. The van der Waals surface area contributed by atoms with Gasteiger partial charge in [0.25, 0.3) is 5.91 Å². The highest BCUT2D eigenvalue weighted by Gasteiger charge is 2.23. The number of amides is 1. The van der Waals surface area contributed by atoms with Gasteiger partial charge in [-0.2, -0.15) is 5.10 Å². The Bertz CT molecular complexity index is 451. The standard InChI is InChI=1S/C12H19N3O3/c1-6(2)5-9(12(17)18)13-11(16)10-7(3)8(4)14-15-10/h6,9H,5H2,1-4H3,(H,13,16)(H,14,15)(H,17,18)/t9-/m1/s1. The van der Waals surface area contributed by atoms with E-state index in [1.807, 2.05) is 20.8 Å². The lowest BCUT2D eigenvalue weighted by molar-refractivity contribution is -0.139. The highest BCUT2D eigenvalue weighted by molar-refractivity contribution is 5.96. The van der Waals surface area contributed by atoms with Gasteiger partial charge in [0.2, 0.25) is 0 Å². The van der Waals surface area contributed by atoms with E-state index in [0.717, 1.165) is 11.3 Å². The average molecular weight is 253 g/mol. The lowest BCUT2D eigenvalue weighted by Crippen LogP contribution is -2.42. The van der Waals surface area contributed by atoms with Crippen LogP contribution in [0, 0.1) is 19.8 Å². The predicted octanol–water partition coefficient (Wildman–Crippen LogP) is 1.26. The number of nitrogens with zero attached hydrogens (tertiary/aromatic N) is 1. The molecule has 1 rings (SSSR count). The summed E-state index contributed by atoms with van der Waals surface area (Å²) in [5, 5.41) is 18.1. The van der Waals surface area contributed by atoms with E-state index in [0.29, 0.717) is 6.42 Å². The second-order valence-electron chi connectivity index (χ2n) is 4.82. The van der Waals surface area contributed by atoms with Crippen LogP contribution in [0.25, 0.3) is 0 Å². The van der Waals surface area contributed by atoms with Crippen LogP contribution in [0.15, 0.2) is 0 Å². The second-order valence-corrected chi connectivity index (χ2v) is 4.82. The predicted molar refractivity (Wildman–Crippen MR) is 66.4 cm³/mol. The summed E-state index contributed by atoms with van der Waals surface area (Å²) in [4.78, 5) is 23.0. The molecule has 18 heavy (non-hydrogen) atoms. The van der Waals surface area contributed by atoms with Crippen molar-refractivity contribution in [3.8, 4) is 0 Å². The summed E-state index contributed by atoms with van der Waals surface area (Å²) in [5.74, 6) is -1.29. The molecule has 0 aliphatic heterocycles. The molecule has 0 aromatic carbocycles. The second kappa shape index (κ2) is 5.66. The van der Waals surface area contributed by atoms with Crippen LogP contribution in [0.1, 0.15) is 42.0 Å². The third kappa shape index (κ3) is 3.32. The van der Waals surface area contributed by atoms with Crippen molar-refractivity contribution >= 4 is 11.9 Å². The zero-order chi connectivity index (χ0) is 13.9. The third-order valence-corrected chi connectivity index (χ3v) is 2.78. The Balaban J connectivity index is 2.79. The summed E-state index contributed by atoms with van der Waals surface area (Å²) < 4.78 is 0. The first-order valence-corrected chi connectivity index (χ1v) is 5.88. The lowest BCUT2D eigenvalue weighted by Gasteiger charge is -2.15. The molecule has 100 valence electrons. The third-order valence-electron chi connectivity index (χ3n) is 2.78. The molecule has 1 atom stereocenters. The van der Waals surface area contributed by atoms with E-state index in [1.54, 1.807) is 6.92 Å². The molecule has 0 aliphatic carbocycles. The molecule has 0 aliphatic rings. The zero-order valence-electron chi connectivity index (χ0n) is 11.1. The van der Waals surface area contributed by atoms with Crippen molar-refractivity contribution in [1.82, 2.24) is 15.5 Å². The van der Waals surface area contributed by atoms with Gasteiger partial charge >= 0.3 is 5.97 Å². The molecule has 1 aromatic rings. The van der Waals surface area contributed by atoms with Gasteiger partial charge < -0.3 is 10.4 Å². The number of H-pyrrole nitrogens is 1. The van der Waals surface area contributed by atoms with Crippen LogP contribution in [0.5, 0.6) is 0 Å². The number of carbonyl (C=O) groups is 2. The molecule has 1 aromatic heterocycles. The van der Waals surface area contributed by atoms with Crippen molar-refractivity contribution in [3.05, 3.63) is 17.0 Å². The number of carboxylic acids is 1. The normalized spacial score (nSPS) is 12.5. The van der Waals surface area contributed by atoms with Gasteiger partial charge in [0.05, 0.1) is 0 Å². The smallest absolute Gasteiger partial charge is 0.326 e. The molecule has 0 saturated heterocycles. The maximum atomic E-state index is 11.9. The SMILES string of the molecule is Cc1[nH]nc(C(=O)N[C@H](CC(C)C)C(=O)O)c1C. The van der Waals surface area contributed by atoms with E-state index in [2.05, 4.69) is 15.5 Å². The van der Waals surface area contributed by atoms with Gasteiger partial charge in [-0.3, -0.25) is 9.89 Å². The van der Waals surface area contributed by atoms with Gasteiger partial charge in [0.1, 0.15) is 6.04 Å². The Hall–Kier alpha value is -1.85. The van der Waals surface area contributed by atoms with Crippen LogP contribution in [0.2, 0.25) is 0 Å². The molecule has 3 N–H and O–H groups in total. The molecule has 0 spiro atoms. The first-order chi connectivity index (χ1) is 8.32. The van der Waals surface area contributed by atoms with E-state index >= 15 is 0 Å². The van der Waals surface area contributed by atoms with E-state index in [1.165, 1.54) is 0 Å². The minimum absolute atomic E-state index is 0.188. The van der Waals surface area contributed by atoms with Crippen LogP contribution in [-0.4, -0.2) is 33.2 Å². The molecule has 0 radical (unpaired) electrons. The number of aromatic amines is 1. The Morgan fingerprint density at radius 3 is 2.39 bits per heavy atom. The first-order valence-electron chi connectivity index (χ1n) is 5.88. The van der Waals surface area contributed by atoms with Gasteiger partial charge in [-0.25, -0.2) is 4.79 Å². The zero-order valence-corrected chi connectivity index (χ0v) is 11.1. The van der Waals surface area contributed by atoms with Crippen molar-refractivity contribution < 1.29 is 14.7 Å². The van der Waals surface area contributed by atoms with Gasteiger partial charge in [-0.15, -0.1) is 0 Å². The quantitative estimate of drug-likeness (QED) is 0.736.